The topological polar surface area (TPSA) is 69.6 Å². The van der Waals surface area contributed by atoms with Crippen molar-refractivity contribution in [3.8, 4) is 0 Å². The Bertz CT molecular complexity index is 455. The Morgan fingerprint density at radius 3 is 2.65 bits per heavy atom. The molecule has 0 radical (unpaired) electrons. The molecule has 0 saturated heterocycles. The zero-order chi connectivity index (χ0) is 15.0. The number of rotatable bonds is 6. The smallest absolute Gasteiger partial charge is 0.223 e. The number of aryl methyl sites for hydroxylation is 1. The maximum Gasteiger partial charge on any atom is 0.223 e. The predicted octanol–water partition coefficient (Wildman–Crippen LogP) is 0.637. The first-order valence-corrected chi connectivity index (χ1v) is 7.46. The molecule has 1 amide bonds. The van der Waals surface area contributed by atoms with Crippen molar-refractivity contribution >= 4 is 23.2 Å². The van der Waals surface area contributed by atoms with Crippen molar-refractivity contribution in [2.24, 2.45) is 4.99 Å². The number of amides is 1. The van der Waals surface area contributed by atoms with E-state index in [0.717, 1.165) is 23.7 Å². The van der Waals surface area contributed by atoms with Crippen LogP contribution < -0.4 is 10.6 Å². The number of nitrogens with zero attached hydrogens (tertiary/aromatic N) is 3. The number of aromatic nitrogens is 1. The van der Waals surface area contributed by atoms with Gasteiger partial charge in [0.15, 0.2) is 5.96 Å². The lowest BCUT2D eigenvalue weighted by Gasteiger charge is -2.13. The molecule has 1 aromatic heterocycles. The van der Waals surface area contributed by atoms with Crippen molar-refractivity contribution in [2.75, 3.05) is 34.2 Å². The first-order valence-electron chi connectivity index (χ1n) is 6.58. The Hall–Kier alpha value is -1.63. The summed E-state index contributed by atoms with van der Waals surface area (Å²) in [7, 11) is 5.23. The molecule has 1 heterocycles. The lowest BCUT2D eigenvalue weighted by molar-refractivity contribution is -0.128. The van der Waals surface area contributed by atoms with E-state index >= 15 is 0 Å². The molecule has 7 heteroatoms. The highest BCUT2D eigenvalue weighted by Gasteiger charge is 2.04. The summed E-state index contributed by atoms with van der Waals surface area (Å²) in [4.78, 5) is 21.5. The van der Waals surface area contributed by atoms with Crippen molar-refractivity contribution in [1.29, 1.82) is 0 Å². The van der Waals surface area contributed by atoms with Gasteiger partial charge < -0.3 is 15.5 Å². The SMILES string of the molecule is CN=C(NCCC(=O)N(C)C)NCCc1csc(C)n1. The summed E-state index contributed by atoms with van der Waals surface area (Å²) in [6.45, 7) is 3.35. The fraction of sp³-hybridized carbons (Fsp3) is 0.615. The van der Waals surface area contributed by atoms with E-state index in [1.165, 1.54) is 0 Å². The first-order chi connectivity index (χ1) is 9.52. The third-order valence-corrected chi connectivity index (χ3v) is 3.52. The van der Waals surface area contributed by atoms with E-state index in [4.69, 9.17) is 0 Å². The van der Waals surface area contributed by atoms with Gasteiger partial charge in [0, 0.05) is 52.5 Å². The van der Waals surface area contributed by atoms with Crippen LogP contribution in [0.5, 0.6) is 0 Å². The number of nitrogens with one attached hydrogen (secondary N) is 2. The van der Waals surface area contributed by atoms with Gasteiger partial charge >= 0.3 is 0 Å². The summed E-state index contributed by atoms with van der Waals surface area (Å²) in [6, 6.07) is 0. The van der Waals surface area contributed by atoms with Crippen molar-refractivity contribution in [2.45, 2.75) is 19.8 Å². The van der Waals surface area contributed by atoms with Gasteiger partial charge in [0.1, 0.15) is 0 Å². The molecule has 0 aliphatic rings. The Morgan fingerprint density at radius 1 is 1.40 bits per heavy atom. The standard InChI is InChI=1S/C13H23N5OS/c1-10-17-11(9-20-10)5-7-15-13(14-2)16-8-6-12(19)18(3)4/h9H,5-8H2,1-4H3,(H2,14,15,16). The van der Waals surface area contributed by atoms with Crippen molar-refractivity contribution in [1.82, 2.24) is 20.5 Å². The Kier molecular flexibility index (Phi) is 7.00. The third kappa shape index (κ3) is 6.01. The monoisotopic (exact) mass is 297 g/mol. The lowest BCUT2D eigenvalue weighted by atomic mass is 10.3. The molecule has 0 saturated carbocycles. The van der Waals surface area contributed by atoms with Gasteiger partial charge in [0.05, 0.1) is 10.7 Å². The zero-order valence-electron chi connectivity index (χ0n) is 12.6. The fourth-order valence-electron chi connectivity index (χ4n) is 1.56. The lowest BCUT2D eigenvalue weighted by Crippen LogP contribution is -2.40. The summed E-state index contributed by atoms with van der Waals surface area (Å²) in [5.74, 6) is 0.814. The van der Waals surface area contributed by atoms with E-state index < -0.39 is 0 Å². The fourth-order valence-corrected chi connectivity index (χ4v) is 2.21. The van der Waals surface area contributed by atoms with Gasteiger partial charge in [-0.15, -0.1) is 11.3 Å². The van der Waals surface area contributed by atoms with Crippen LogP contribution in [-0.4, -0.2) is 56.0 Å². The predicted molar refractivity (Wildman–Crippen MR) is 83.2 cm³/mol. The first kappa shape index (κ1) is 16.4. The van der Waals surface area contributed by atoms with Gasteiger partial charge in [-0.05, 0) is 6.92 Å². The van der Waals surface area contributed by atoms with E-state index in [2.05, 4.69) is 26.0 Å². The van der Waals surface area contributed by atoms with E-state index in [0.29, 0.717) is 18.9 Å². The Balaban J connectivity index is 2.21. The van der Waals surface area contributed by atoms with Gasteiger partial charge in [-0.3, -0.25) is 9.79 Å². The van der Waals surface area contributed by atoms with Crippen molar-refractivity contribution in [3.05, 3.63) is 16.1 Å². The van der Waals surface area contributed by atoms with Crippen LogP contribution in [0, 0.1) is 6.92 Å². The molecular formula is C13H23N5OS. The highest BCUT2D eigenvalue weighted by atomic mass is 32.1. The molecule has 1 aromatic rings. The van der Waals surface area contributed by atoms with Gasteiger partial charge in [0.25, 0.3) is 0 Å². The van der Waals surface area contributed by atoms with Gasteiger partial charge in [-0.2, -0.15) is 0 Å². The maximum atomic E-state index is 11.4. The average Bonchev–Trinajstić information content (AvgIpc) is 2.82. The van der Waals surface area contributed by atoms with Crippen molar-refractivity contribution < 1.29 is 4.79 Å². The average molecular weight is 297 g/mol. The van der Waals surface area contributed by atoms with Crippen LogP contribution in [0.3, 0.4) is 0 Å². The summed E-state index contributed by atoms with van der Waals surface area (Å²) in [5.41, 5.74) is 1.10. The van der Waals surface area contributed by atoms with Gasteiger partial charge in [-0.1, -0.05) is 0 Å². The van der Waals surface area contributed by atoms with E-state index in [-0.39, 0.29) is 5.91 Å². The molecule has 0 aliphatic carbocycles. The third-order valence-electron chi connectivity index (χ3n) is 2.69. The zero-order valence-corrected chi connectivity index (χ0v) is 13.4. The Morgan fingerprint density at radius 2 is 2.10 bits per heavy atom. The molecule has 0 fully saturated rings. The molecule has 0 aromatic carbocycles. The van der Waals surface area contributed by atoms with Crippen LogP contribution in [0.1, 0.15) is 17.1 Å². The summed E-state index contributed by atoms with van der Waals surface area (Å²) >= 11 is 1.66. The van der Waals surface area contributed by atoms with E-state index in [1.807, 2.05) is 6.92 Å². The number of hydrogen-bond acceptors (Lipinski definition) is 4. The van der Waals surface area contributed by atoms with E-state index in [1.54, 1.807) is 37.4 Å². The summed E-state index contributed by atoms with van der Waals surface area (Å²) in [5, 5.41) is 9.49. The number of thiazole rings is 1. The normalized spacial score (nSPS) is 11.3. The summed E-state index contributed by atoms with van der Waals surface area (Å²) in [6.07, 6.45) is 1.32. The molecule has 1 rings (SSSR count). The second-order valence-corrected chi connectivity index (χ2v) is 5.63. The van der Waals surface area contributed by atoms with Crippen LogP contribution >= 0.6 is 11.3 Å². The van der Waals surface area contributed by atoms with Crippen molar-refractivity contribution in [3.63, 3.8) is 0 Å². The van der Waals surface area contributed by atoms with Crippen LogP contribution in [0.4, 0.5) is 0 Å². The van der Waals surface area contributed by atoms with E-state index in [9.17, 15) is 4.79 Å². The highest BCUT2D eigenvalue weighted by molar-refractivity contribution is 7.09. The number of carbonyl (C=O) groups excluding carboxylic acids is 1. The molecule has 0 atom stereocenters. The number of aliphatic imine (C=N–C) groups is 1. The highest BCUT2D eigenvalue weighted by Crippen LogP contribution is 2.07. The van der Waals surface area contributed by atoms with Crippen LogP contribution in [0.15, 0.2) is 10.4 Å². The van der Waals surface area contributed by atoms with Crippen LogP contribution in [0.2, 0.25) is 0 Å². The van der Waals surface area contributed by atoms with Crippen LogP contribution in [-0.2, 0) is 11.2 Å². The van der Waals surface area contributed by atoms with Crippen LogP contribution in [0.25, 0.3) is 0 Å². The minimum absolute atomic E-state index is 0.103. The molecule has 112 valence electrons. The maximum absolute atomic E-state index is 11.4. The quantitative estimate of drug-likeness (QED) is 0.597. The molecule has 20 heavy (non-hydrogen) atoms. The number of hydrogen-bond donors (Lipinski definition) is 2. The summed E-state index contributed by atoms with van der Waals surface area (Å²) < 4.78 is 0. The Labute approximate surface area is 124 Å². The molecule has 0 aliphatic heterocycles. The molecule has 2 N–H and O–H groups in total. The van der Waals surface area contributed by atoms with Gasteiger partial charge in [-0.25, -0.2) is 4.98 Å². The minimum Gasteiger partial charge on any atom is -0.356 e. The second kappa shape index (κ2) is 8.52. The minimum atomic E-state index is 0.103. The number of guanidine groups is 1. The number of carbonyl (C=O) groups is 1. The molecule has 0 spiro atoms. The second-order valence-electron chi connectivity index (χ2n) is 4.57. The molecule has 0 unspecified atom stereocenters. The van der Waals surface area contributed by atoms with Gasteiger partial charge in [0.2, 0.25) is 5.91 Å². The molecular weight excluding hydrogens is 274 g/mol. The largest absolute Gasteiger partial charge is 0.356 e. The molecule has 6 nitrogen and oxygen atoms in total. The molecule has 0 bridgehead atoms.